The predicted octanol–water partition coefficient (Wildman–Crippen LogP) is 3.26. The van der Waals surface area contributed by atoms with E-state index in [0.717, 1.165) is 48.6 Å². The van der Waals surface area contributed by atoms with E-state index in [2.05, 4.69) is 23.3 Å². The minimum atomic E-state index is -0.200. The fourth-order valence-electron chi connectivity index (χ4n) is 5.09. The van der Waals surface area contributed by atoms with Gasteiger partial charge in [0.25, 0.3) is 0 Å². The molecule has 0 saturated carbocycles. The number of rotatable bonds is 7. The Balaban J connectivity index is 1.60. The van der Waals surface area contributed by atoms with Gasteiger partial charge in [0.2, 0.25) is 5.91 Å². The molecule has 0 spiro atoms. The molecule has 1 amide bonds. The van der Waals surface area contributed by atoms with Gasteiger partial charge in [0.05, 0.1) is 12.3 Å². The number of carbonyl (C=O) groups is 1. The number of anilines is 2. The van der Waals surface area contributed by atoms with Gasteiger partial charge in [0, 0.05) is 51.0 Å². The lowest BCUT2D eigenvalue weighted by molar-refractivity contribution is -0.126. The molecule has 7 nitrogen and oxygen atoms in total. The number of fused-ring (bicyclic) bond motifs is 1. The van der Waals surface area contributed by atoms with Crippen molar-refractivity contribution in [2.24, 2.45) is 5.92 Å². The standard InChI is InChI=1S/C26H34FN5O2/c1-5-21-22(15-18-14-19-8-9-20(27)16-23(19)30(4)17-18)28-26(34-7-3)29-25(21)32-12-10-31(11-13-32)24(33)6-2/h6,8-9,16,18H,2,5,7,10-15,17H2,1,3-4H3/t18-/m0/s1. The van der Waals surface area contributed by atoms with Crippen molar-refractivity contribution < 1.29 is 13.9 Å². The molecule has 1 aromatic carbocycles. The predicted molar refractivity (Wildman–Crippen MR) is 132 cm³/mol. The Morgan fingerprint density at radius 1 is 1.24 bits per heavy atom. The Morgan fingerprint density at radius 2 is 2.00 bits per heavy atom. The van der Waals surface area contributed by atoms with Crippen molar-refractivity contribution in [2.75, 3.05) is 56.2 Å². The third kappa shape index (κ3) is 5.00. The normalized spacial score (nSPS) is 18.0. The molecule has 2 aliphatic heterocycles. The number of ether oxygens (including phenoxy) is 1. The van der Waals surface area contributed by atoms with Gasteiger partial charge < -0.3 is 19.4 Å². The zero-order chi connectivity index (χ0) is 24.2. The Hall–Kier alpha value is -3.16. The van der Waals surface area contributed by atoms with E-state index in [9.17, 15) is 9.18 Å². The van der Waals surface area contributed by atoms with Gasteiger partial charge in [-0.15, -0.1) is 0 Å². The quantitative estimate of drug-likeness (QED) is 0.583. The van der Waals surface area contributed by atoms with Gasteiger partial charge in [-0.05, 0) is 55.9 Å². The van der Waals surface area contributed by atoms with Gasteiger partial charge in [-0.2, -0.15) is 9.97 Å². The highest BCUT2D eigenvalue weighted by atomic mass is 19.1. The number of hydrogen-bond donors (Lipinski definition) is 0. The smallest absolute Gasteiger partial charge is 0.318 e. The second-order valence-electron chi connectivity index (χ2n) is 8.99. The maximum absolute atomic E-state index is 13.7. The van der Waals surface area contributed by atoms with Gasteiger partial charge >= 0.3 is 6.01 Å². The number of benzene rings is 1. The van der Waals surface area contributed by atoms with Gasteiger partial charge in [-0.25, -0.2) is 4.39 Å². The van der Waals surface area contributed by atoms with Crippen molar-refractivity contribution in [1.82, 2.24) is 14.9 Å². The molecule has 8 heteroatoms. The number of piperazine rings is 1. The average Bonchev–Trinajstić information content (AvgIpc) is 2.84. The molecule has 0 bridgehead atoms. The monoisotopic (exact) mass is 467 g/mol. The molecule has 2 aromatic rings. The fraction of sp³-hybridized carbons (Fsp3) is 0.500. The van der Waals surface area contributed by atoms with E-state index in [4.69, 9.17) is 14.7 Å². The van der Waals surface area contributed by atoms with Crippen LogP contribution < -0.4 is 14.5 Å². The molecule has 1 saturated heterocycles. The molecule has 4 rings (SSSR count). The van der Waals surface area contributed by atoms with Crippen LogP contribution in [0.5, 0.6) is 6.01 Å². The third-order valence-electron chi connectivity index (χ3n) is 6.72. The molecule has 182 valence electrons. The van der Waals surface area contributed by atoms with Crippen molar-refractivity contribution in [3.05, 3.63) is 53.5 Å². The Kier molecular flexibility index (Phi) is 7.34. The van der Waals surface area contributed by atoms with E-state index in [1.807, 2.05) is 24.9 Å². The molecule has 34 heavy (non-hydrogen) atoms. The van der Waals surface area contributed by atoms with Crippen LogP contribution in [-0.4, -0.2) is 67.2 Å². The van der Waals surface area contributed by atoms with Crippen LogP contribution in [0.1, 0.15) is 30.7 Å². The summed E-state index contributed by atoms with van der Waals surface area (Å²) in [5.74, 6) is 1.03. The van der Waals surface area contributed by atoms with Crippen molar-refractivity contribution in [3.63, 3.8) is 0 Å². The molecule has 0 N–H and O–H groups in total. The summed E-state index contributed by atoms with van der Waals surface area (Å²) in [5.41, 5.74) is 4.29. The van der Waals surface area contributed by atoms with Crippen molar-refractivity contribution in [2.45, 2.75) is 33.1 Å². The first-order valence-electron chi connectivity index (χ1n) is 12.1. The first kappa shape index (κ1) is 24.0. The Bertz CT molecular complexity index is 1050. The fourth-order valence-corrected chi connectivity index (χ4v) is 5.09. The molecule has 0 aliphatic carbocycles. The minimum Gasteiger partial charge on any atom is -0.464 e. The third-order valence-corrected chi connectivity index (χ3v) is 6.72. The van der Waals surface area contributed by atoms with E-state index in [1.54, 1.807) is 12.1 Å². The van der Waals surface area contributed by atoms with Crippen molar-refractivity contribution in [1.29, 1.82) is 0 Å². The highest BCUT2D eigenvalue weighted by Gasteiger charge is 2.28. The summed E-state index contributed by atoms with van der Waals surface area (Å²) in [7, 11) is 2.02. The van der Waals surface area contributed by atoms with Crippen molar-refractivity contribution in [3.8, 4) is 6.01 Å². The average molecular weight is 468 g/mol. The minimum absolute atomic E-state index is 0.0321. The van der Waals surface area contributed by atoms with Crippen molar-refractivity contribution >= 4 is 17.4 Å². The molecule has 3 heterocycles. The lowest BCUT2D eigenvalue weighted by atomic mass is 9.88. The van der Waals surface area contributed by atoms with Crippen LogP contribution in [0.4, 0.5) is 15.9 Å². The van der Waals surface area contributed by atoms with E-state index < -0.39 is 0 Å². The lowest BCUT2D eigenvalue weighted by Gasteiger charge is -2.36. The highest BCUT2D eigenvalue weighted by molar-refractivity contribution is 5.87. The summed E-state index contributed by atoms with van der Waals surface area (Å²) in [6.07, 6.45) is 3.87. The number of halogens is 1. The largest absolute Gasteiger partial charge is 0.464 e. The van der Waals surface area contributed by atoms with E-state index in [1.165, 1.54) is 11.6 Å². The Labute approximate surface area is 201 Å². The molecule has 0 unspecified atom stereocenters. The zero-order valence-electron chi connectivity index (χ0n) is 20.4. The van der Waals surface area contributed by atoms with Gasteiger partial charge in [0.15, 0.2) is 0 Å². The molecule has 1 fully saturated rings. The number of aromatic nitrogens is 2. The summed E-state index contributed by atoms with van der Waals surface area (Å²) in [4.78, 5) is 27.8. The molecule has 2 aliphatic rings. The van der Waals surface area contributed by atoms with Crippen LogP contribution >= 0.6 is 0 Å². The second kappa shape index (κ2) is 10.4. The molecular weight excluding hydrogens is 433 g/mol. The van der Waals surface area contributed by atoms with Crippen LogP contribution in [0.25, 0.3) is 0 Å². The topological polar surface area (TPSA) is 61.8 Å². The summed E-state index contributed by atoms with van der Waals surface area (Å²) in [6, 6.07) is 5.46. The van der Waals surface area contributed by atoms with Gasteiger partial charge in [-0.3, -0.25) is 4.79 Å². The van der Waals surface area contributed by atoms with E-state index >= 15 is 0 Å². The maximum atomic E-state index is 13.7. The van der Waals surface area contributed by atoms with E-state index in [0.29, 0.717) is 44.7 Å². The van der Waals surface area contributed by atoms with Crippen LogP contribution in [0.3, 0.4) is 0 Å². The molecule has 1 atom stereocenters. The Morgan fingerprint density at radius 3 is 2.68 bits per heavy atom. The number of amides is 1. The number of hydrogen-bond acceptors (Lipinski definition) is 6. The van der Waals surface area contributed by atoms with Crippen LogP contribution in [-0.2, 0) is 24.1 Å². The second-order valence-corrected chi connectivity index (χ2v) is 8.99. The van der Waals surface area contributed by atoms with Gasteiger partial charge in [0.1, 0.15) is 11.6 Å². The first-order chi connectivity index (χ1) is 16.4. The summed E-state index contributed by atoms with van der Waals surface area (Å²) >= 11 is 0. The lowest BCUT2D eigenvalue weighted by Crippen LogP contribution is -2.49. The number of nitrogens with zero attached hydrogens (tertiary/aromatic N) is 5. The molecular formula is C26H34FN5O2. The molecule has 0 radical (unpaired) electrons. The van der Waals surface area contributed by atoms with E-state index in [-0.39, 0.29) is 11.7 Å². The van der Waals surface area contributed by atoms with Crippen LogP contribution in [0, 0.1) is 11.7 Å². The summed E-state index contributed by atoms with van der Waals surface area (Å²) < 4.78 is 19.5. The zero-order valence-corrected chi connectivity index (χ0v) is 20.4. The highest BCUT2D eigenvalue weighted by Crippen LogP contribution is 2.33. The molecule has 1 aromatic heterocycles. The number of carbonyl (C=O) groups excluding carboxylic acids is 1. The SMILES string of the molecule is C=CC(=O)N1CCN(c2nc(OCC)nc(C[C@@H]3Cc4ccc(F)cc4N(C)C3)c2CC)CC1. The first-order valence-corrected chi connectivity index (χ1v) is 12.1. The summed E-state index contributed by atoms with van der Waals surface area (Å²) in [6.45, 7) is 11.7. The van der Waals surface area contributed by atoms with Gasteiger partial charge in [-0.1, -0.05) is 19.6 Å². The van der Waals surface area contributed by atoms with Crippen LogP contribution in [0.15, 0.2) is 30.9 Å². The van der Waals surface area contributed by atoms with Crippen LogP contribution in [0.2, 0.25) is 0 Å². The maximum Gasteiger partial charge on any atom is 0.318 e. The summed E-state index contributed by atoms with van der Waals surface area (Å²) in [5, 5.41) is 0.